The van der Waals surface area contributed by atoms with Crippen LogP contribution in [0.2, 0.25) is 0 Å². The number of likely N-dealkylation sites (tertiary alicyclic amines) is 1. The minimum absolute atomic E-state index is 0.00514. The highest BCUT2D eigenvalue weighted by Gasteiger charge is 2.32. The largest absolute Gasteiger partial charge is 0.370 e. The number of rotatable bonds is 5. The lowest BCUT2D eigenvalue weighted by Crippen LogP contribution is -2.55. The summed E-state index contributed by atoms with van der Waals surface area (Å²) in [5, 5.41) is 0. The normalized spacial score (nSPS) is 20.9. The molecule has 0 spiro atoms. The van der Waals surface area contributed by atoms with E-state index in [0.717, 1.165) is 19.6 Å². The van der Waals surface area contributed by atoms with E-state index in [9.17, 15) is 9.59 Å². The number of hydrogen-bond donors (Lipinski definition) is 0. The lowest BCUT2D eigenvalue weighted by Gasteiger charge is -2.39. The van der Waals surface area contributed by atoms with E-state index in [4.69, 9.17) is 4.74 Å². The first-order valence-electron chi connectivity index (χ1n) is 7.75. The summed E-state index contributed by atoms with van der Waals surface area (Å²) < 4.78 is 5.09. The maximum Gasteiger partial charge on any atom is 0.249 e. The fourth-order valence-corrected chi connectivity index (χ4v) is 2.92. The average molecular weight is 297 g/mol. The van der Waals surface area contributed by atoms with Crippen molar-refractivity contribution in [3.8, 4) is 0 Å². The van der Waals surface area contributed by atoms with E-state index in [1.807, 2.05) is 7.05 Å². The Hall–Kier alpha value is -1.14. The summed E-state index contributed by atoms with van der Waals surface area (Å²) in [6.45, 7) is 8.56. The highest BCUT2D eigenvalue weighted by molar-refractivity contribution is 5.86. The van der Waals surface area contributed by atoms with Gasteiger partial charge in [-0.1, -0.05) is 0 Å². The van der Waals surface area contributed by atoms with Gasteiger partial charge in [0.15, 0.2) is 0 Å². The Morgan fingerprint density at radius 2 is 1.95 bits per heavy atom. The van der Waals surface area contributed by atoms with Crippen molar-refractivity contribution >= 4 is 11.8 Å². The Bertz CT molecular complexity index is 392. The molecule has 0 unspecified atom stereocenters. The number of carbonyl (C=O) groups excluding carboxylic acids is 2. The van der Waals surface area contributed by atoms with Gasteiger partial charge >= 0.3 is 0 Å². The molecule has 0 aromatic carbocycles. The summed E-state index contributed by atoms with van der Waals surface area (Å²) in [6.07, 6.45) is 2.49. The van der Waals surface area contributed by atoms with Crippen molar-refractivity contribution in [1.29, 1.82) is 0 Å². The van der Waals surface area contributed by atoms with Crippen molar-refractivity contribution in [2.75, 3.05) is 53.0 Å². The molecule has 0 aromatic rings. The number of amides is 2. The van der Waals surface area contributed by atoms with Gasteiger partial charge in [0.2, 0.25) is 11.8 Å². The predicted octanol–water partition coefficient (Wildman–Crippen LogP) is 0.178. The quantitative estimate of drug-likeness (QED) is 0.726. The Balaban J connectivity index is 1.88. The van der Waals surface area contributed by atoms with Crippen molar-refractivity contribution in [3.63, 3.8) is 0 Å². The van der Waals surface area contributed by atoms with Crippen molar-refractivity contribution in [2.24, 2.45) is 0 Å². The number of morpholine rings is 1. The second-order valence-corrected chi connectivity index (χ2v) is 6.62. The van der Waals surface area contributed by atoms with Gasteiger partial charge in [0, 0.05) is 25.7 Å². The van der Waals surface area contributed by atoms with Gasteiger partial charge in [0.25, 0.3) is 0 Å². The first-order chi connectivity index (χ1) is 9.90. The van der Waals surface area contributed by atoms with Crippen LogP contribution in [0.3, 0.4) is 0 Å². The third-order valence-corrected chi connectivity index (χ3v) is 4.50. The monoisotopic (exact) mass is 297 g/mol. The van der Waals surface area contributed by atoms with Gasteiger partial charge in [-0.05, 0) is 39.8 Å². The van der Waals surface area contributed by atoms with Crippen molar-refractivity contribution < 1.29 is 14.3 Å². The summed E-state index contributed by atoms with van der Waals surface area (Å²) in [7, 11) is 1.84. The molecule has 6 heteroatoms. The zero-order chi connectivity index (χ0) is 15.5. The molecule has 0 atom stereocenters. The van der Waals surface area contributed by atoms with Crippen LogP contribution in [0.15, 0.2) is 0 Å². The Morgan fingerprint density at radius 1 is 1.29 bits per heavy atom. The summed E-state index contributed by atoms with van der Waals surface area (Å²) >= 11 is 0. The van der Waals surface area contributed by atoms with Crippen LogP contribution < -0.4 is 0 Å². The summed E-state index contributed by atoms with van der Waals surface area (Å²) in [5.41, 5.74) is -0.225. The molecule has 120 valence electrons. The molecule has 2 amide bonds. The minimum atomic E-state index is -0.225. The van der Waals surface area contributed by atoms with Gasteiger partial charge < -0.3 is 19.4 Å². The standard InChI is InChI=1S/C15H27N3O3/c1-15(2,12-17-6-4-5-7-17)16(3)13(19)10-18-8-9-21-11-14(18)20/h4-12H2,1-3H3. The molecule has 0 bridgehead atoms. The number of ether oxygens (including phenoxy) is 1. The third-order valence-electron chi connectivity index (χ3n) is 4.50. The smallest absolute Gasteiger partial charge is 0.249 e. The van der Waals surface area contributed by atoms with Crippen LogP contribution in [0.1, 0.15) is 26.7 Å². The van der Waals surface area contributed by atoms with Crippen molar-refractivity contribution in [2.45, 2.75) is 32.2 Å². The number of nitrogens with zero attached hydrogens (tertiary/aromatic N) is 3. The average Bonchev–Trinajstić information content (AvgIpc) is 2.92. The molecule has 6 nitrogen and oxygen atoms in total. The van der Waals surface area contributed by atoms with E-state index in [2.05, 4.69) is 18.7 Å². The van der Waals surface area contributed by atoms with Crippen LogP contribution in [-0.4, -0.2) is 85.0 Å². The third kappa shape index (κ3) is 4.17. The topological polar surface area (TPSA) is 53.1 Å². The molecular weight excluding hydrogens is 270 g/mol. The maximum atomic E-state index is 12.4. The van der Waals surface area contributed by atoms with Crippen LogP contribution in [-0.2, 0) is 14.3 Å². The van der Waals surface area contributed by atoms with Gasteiger partial charge in [-0.2, -0.15) is 0 Å². The second kappa shape index (κ2) is 6.75. The first kappa shape index (κ1) is 16.2. The molecule has 2 aliphatic rings. The molecule has 21 heavy (non-hydrogen) atoms. The molecule has 2 rings (SSSR count). The molecule has 0 aliphatic carbocycles. The molecule has 0 saturated carbocycles. The SMILES string of the molecule is CN(C(=O)CN1CCOCC1=O)C(C)(C)CN1CCCC1. The molecule has 2 fully saturated rings. The lowest BCUT2D eigenvalue weighted by molar-refractivity contribution is -0.150. The van der Waals surface area contributed by atoms with Crippen molar-refractivity contribution in [1.82, 2.24) is 14.7 Å². The second-order valence-electron chi connectivity index (χ2n) is 6.62. The fraction of sp³-hybridized carbons (Fsp3) is 0.867. The molecular formula is C15H27N3O3. The molecule has 2 aliphatic heterocycles. The van der Waals surface area contributed by atoms with Gasteiger partial charge in [-0.3, -0.25) is 9.59 Å². The highest BCUT2D eigenvalue weighted by atomic mass is 16.5. The zero-order valence-electron chi connectivity index (χ0n) is 13.4. The summed E-state index contributed by atoms with van der Waals surface area (Å²) in [4.78, 5) is 29.9. The molecule has 2 saturated heterocycles. The number of carbonyl (C=O) groups is 2. The Kier molecular flexibility index (Phi) is 5.22. The van der Waals surface area contributed by atoms with Gasteiger partial charge in [-0.15, -0.1) is 0 Å². The predicted molar refractivity (Wildman–Crippen MR) is 79.9 cm³/mol. The highest BCUT2D eigenvalue weighted by Crippen LogP contribution is 2.18. The summed E-state index contributed by atoms with van der Waals surface area (Å²) in [5.74, 6) is -0.102. The fourth-order valence-electron chi connectivity index (χ4n) is 2.92. The van der Waals surface area contributed by atoms with Gasteiger partial charge in [-0.25, -0.2) is 0 Å². The van der Waals surface area contributed by atoms with Crippen LogP contribution in [0.5, 0.6) is 0 Å². The van der Waals surface area contributed by atoms with Crippen LogP contribution in [0.4, 0.5) is 0 Å². The van der Waals surface area contributed by atoms with E-state index < -0.39 is 0 Å². The molecule has 2 heterocycles. The first-order valence-corrected chi connectivity index (χ1v) is 7.75. The van der Waals surface area contributed by atoms with E-state index in [-0.39, 0.29) is 30.5 Å². The molecule has 0 aromatic heterocycles. The molecule has 0 N–H and O–H groups in total. The zero-order valence-corrected chi connectivity index (χ0v) is 13.4. The Labute approximate surface area is 127 Å². The maximum absolute atomic E-state index is 12.4. The lowest BCUT2D eigenvalue weighted by atomic mass is 10.0. The van der Waals surface area contributed by atoms with Gasteiger partial charge in [0.05, 0.1) is 13.2 Å². The van der Waals surface area contributed by atoms with E-state index in [1.54, 1.807) is 9.80 Å². The number of likely N-dealkylation sites (N-methyl/N-ethyl adjacent to an activating group) is 1. The van der Waals surface area contributed by atoms with E-state index in [1.165, 1.54) is 12.8 Å². The Morgan fingerprint density at radius 3 is 2.57 bits per heavy atom. The van der Waals surface area contributed by atoms with E-state index in [0.29, 0.717) is 13.2 Å². The molecule has 0 radical (unpaired) electrons. The van der Waals surface area contributed by atoms with Crippen LogP contribution in [0.25, 0.3) is 0 Å². The summed E-state index contributed by atoms with van der Waals surface area (Å²) in [6, 6.07) is 0. The minimum Gasteiger partial charge on any atom is -0.370 e. The van der Waals surface area contributed by atoms with E-state index >= 15 is 0 Å². The van der Waals surface area contributed by atoms with Crippen LogP contribution in [0, 0.1) is 0 Å². The van der Waals surface area contributed by atoms with Crippen molar-refractivity contribution in [3.05, 3.63) is 0 Å². The number of hydrogen-bond acceptors (Lipinski definition) is 4. The van der Waals surface area contributed by atoms with Crippen LogP contribution >= 0.6 is 0 Å². The van der Waals surface area contributed by atoms with Gasteiger partial charge in [0.1, 0.15) is 6.61 Å².